The van der Waals surface area contributed by atoms with Crippen molar-refractivity contribution in [2.24, 2.45) is 13.0 Å². The first-order chi connectivity index (χ1) is 9.11. The Balaban J connectivity index is 1.97. The van der Waals surface area contributed by atoms with Gasteiger partial charge in [0, 0.05) is 39.0 Å². The summed E-state index contributed by atoms with van der Waals surface area (Å²) in [5, 5.41) is 4.13. The molecule has 0 radical (unpaired) electrons. The molecule has 1 fully saturated rings. The van der Waals surface area contributed by atoms with Gasteiger partial charge < -0.3 is 9.64 Å². The Hall–Kier alpha value is -1.36. The molecule has 19 heavy (non-hydrogen) atoms. The number of ether oxygens (including phenoxy) is 1. The second kappa shape index (κ2) is 6.19. The summed E-state index contributed by atoms with van der Waals surface area (Å²) >= 11 is 0. The molecule has 0 aliphatic carbocycles. The van der Waals surface area contributed by atoms with Gasteiger partial charge in [0.1, 0.15) is 0 Å². The van der Waals surface area contributed by atoms with E-state index in [2.05, 4.69) is 12.0 Å². The lowest BCUT2D eigenvalue weighted by Gasteiger charge is -2.32. The Morgan fingerprint density at radius 1 is 1.63 bits per heavy atom. The number of amides is 1. The molecule has 5 nitrogen and oxygen atoms in total. The molecule has 1 amide bonds. The molecule has 2 atom stereocenters. The van der Waals surface area contributed by atoms with Crippen molar-refractivity contribution in [1.82, 2.24) is 14.7 Å². The number of carbonyl (C=O) groups is 1. The maximum atomic E-state index is 12.5. The number of hydrogen-bond acceptors (Lipinski definition) is 3. The van der Waals surface area contributed by atoms with E-state index in [1.165, 1.54) is 0 Å². The van der Waals surface area contributed by atoms with Crippen LogP contribution in [0.2, 0.25) is 0 Å². The van der Waals surface area contributed by atoms with Crippen LogP contribution in [0.15, 0.2) is 12.4 Å². The van der Waals surface area contributed by atoms with E-state index in [0.29, 0.717) is 6.54 Å². The molecule has 0 N–H and O–H groups in total. The highest BCUT2D eigenvalue weighted by Crippen LogP contribution is 2.25. The lowest BCUT2D eigenvalue weighted by molar-refractivity contribution is -0.144. The van der Waals surface area contributed by atoms with E-state index in [4.69, 9.17) is 4.74 Å². The minimum atomic E-state index is 0.0143. The van der Waals surface area contributed by atoms with Gasteiger partial charge in [-0.15, -0.1) is 0 Å². The zero-order valence-corrected chi connectivity index (χ0v) is 12.0. The average Bonchev–Trinajstić information content (AvgIpc) is 2.83. The molecule has 0 aromatic carbocycles. The molecule has 0 spiro atoms. The van der Waals surface area contributed by atoms with Gasteiger partial charge >= 0.3 is 0 Å². The topological polar surface area (TPSA) is 47.4 Å². The highest BCUT2D eigenvalue weighted by Gasteiger charge is 2.32. The predicted molar refractivity (Wildman–Crippen MR) is 72.4 cm³/mol. The second-order valence-electron chi connectivity index (χ2n) is 5.28. The molecule has 2 rings (SSSR count). The fourth-order valence-corrected chi connectivity index (χ4v) is 2.71. The smallest absolute Gasteiger partial charge is 0.228 e. The monoisotopic (exact) mass is 265 g/mol. The third-order valence-corrected chi connectivity index (χ3v) is 3.71. The number of hydrogen-bond donors (Lipinski definition) is 0. The molecular formula is C14H23N3O2. The molecule has 1 aliphatic heterocycles. The van der Waals surface area contributed by atoms with Gasteiger partial charge in [-0.25, -0.2) is 0 Å². The third-order valence-electron chi connectivity index (χ3n) is 3.71. The Bertz CT molecular complexity index is 430. The summed E-state index contributed by atoms with van der Waals surface area (Å²) in [5.74, 6) is 0.204. The predicted octanol–water partition coefficient (Wildman–Crippen LogP) is 1.58. The highest BCUT2D eigenvalue weighted by molar-refractivity contribution is 5.79. The SMILES string of the molecule is CC[C@H]1OCCC[C@@H]1C(=O)N(C)Cc1cnn(C)c1. The van der Waals surface area contributed by atoms with Crippen LogP contribution < -0.4 is 0 Å². The van der Waals surface area contributed by atoms with Crippen LogP contribution >= 0.6 is 0 Å². The van der Waals surface area contributed by atoms with Gasteiger partial charge in [-0.2, -0.15) is 5.10 Å². The van der Waals surface area contributed by atoms with Crippen LogP contribution in [-0.2, 0) is 23.1 Å². The number of rotatable bonds is 4. The van der Waals surface area contributed by atoms with E-state index in [-0.39, 0.29) is 17.9 Å². The van der Waals surface area contributed by atoms with Crippen molar-refractivity contribution in [2.45, 2.75) is 38.8 Å². The maximum absolute atomic E-state index is 12.5. The van der Waals surface area contributed by atoms with Gasteiger partial charge in [-0.3, -0.25) is 9.48 Å². The number of nitrogens with zero attached hydrogens (tertiary/aromatic N) is 3. The molecule has 0 saturated carbocycles. The molecule has 106 valence electrons. The van der Waals surface area contributed by atoms with Crippen LogP contribution in [0.25, 0.3) is 0 Å². The van der Waals surface area contributed by atoms with Crippen LogP contribution in [0.3, 0.4) is 0 Å². The fraction of sp³-hybridized carbons (Fsp3) is 0.714. The maximum Gasteiger partial charge on any atom is 0.228 e. The van der Waals surface area contributed by atoms with Crippen molar-refractivity contribution in [3.63, 3.8) is 0 Å². The first-order valence-corrected chi connectivity index (χ1v) is 6.96. The molecule has 1 aliphatic rings. The summed E-state index contributed by atoms with van der Waals surface area (Å²) in [7, 11) is 3.74. The first kappa shape index (κ1) is 14.1. The second-order valence-corrected chi connectivity index (χ2v) is 5.28. The summed E-state index contributed by atoms with van der Waals surface area (Å²) in [5.41, 5.74) is 1.06. The van der Waals surface area contributed by atoms with E-state index >= 15 is 0 Å². The van der Waals surface area contributed by atoms with E-state index in [1.807, 2.05) is 20.3 Å². The molecule has 5 heteroatoms. The average molecular weight is 265 g/mol. The number of aromatic nitrogens is 2. The first-order valence-electron chi connectivity index (χ1n) is 6.96. The van der Waals surface area contributed by atoms with Crippen molar-refractivity contribution in [2.75, 3.05) is 13.7 Å². The summed E-state index contributed by atoms with van der Waals surface area (Å²) in [4.78, 5) is 14.3. The van der Waals surface area contributed by atoms with Gasteiger partial charge in [0.25, 0.3) is 0 Å². The van der Waals surface area contributed by atoms with Gasteiger partial charge in [0.2, 0.25) is 5.91 Å². The Morgan fingerprint density at radius 3 is 3.05 bits per heavy atom. The molecule has 2 heterocycles. The van der Waals surface area contributed by atoms with Crippen molar-refractivity contribution in [3.8, 4) is 0 Å². The molecule has 1 aromatic rings. The van der Waals surface area contributed by atoms with Crippen LogP contribution in [-0.4, -0.2) is 40.3 Å². The summed E-state index contributed by atoms with van der Waals surface area (Å²) in [6.45, 7) is 3.48. The van der Waals surface area contributed by atoms with Crippen LogP contribution in [0.5, 0.6) is 0 Å². The van der Waals surface area contributed by atoms with E-state index in [0.717, 1.165) is 31.4 Å². The van der Waals surface area contributed by atoms with Gasteiger partial charge in [0.15, 0.2) is 0 Å². The Kier molecular flexibility index (Phi) is 4.58. The molecule has 0 unspecified atom stereocenters. The Morgan fingerprint density at radius 2 is 2.42 bits per heavy atom. The van der Waals surface area contributed by atoms with Gasteiger partial charge in [-0.05, 0) is 19.3 Å². The summed E-state index contributed by atoms with van der Waals surface area (Å²) in [6.07, 6.45) is 6.65. The van der Waals surface area contributed by atoms with Crippen molar-refractivity contribution >= 4 is 5.91 Å². The van der Waals surface area contributed by atoms with Gasteiger partial charge in [-0.1, -0.05) is 6.92 Å². The quantitative estimate of drug-likeness (QED) is 0.830. The van der Waals surface area contributed by atoms with Crippen LogP contribution in [0.1, 0.15) is 31.7 Å². The van der Waals surface area contributed by atoms with Crippen molar-refractivity contribution in [3.05, 3.63) is 18.0 Å². The van der Waals surface area contributed by atoms with Crippen LogP contribution in [0, 0.1) is 5.92 Å². The normalized spacial score (nSPS) is 23.3. The Labute approximate surface area is 114 Å². The number of carbonyl (C=O) groups excluding carboxylic acids is 1. The zero-order chi connectivity index (χ0) is 13.8. The summed E-state index contributed by atoms with van der Waals surface area (Å²) < 4.78 is 7.46. The van der Waals surface area contributed by atoms with Crippen molar-refractivity contribution < 1.29 is 9.53 Å². The zero-order valence-electron chi connectivity index (χ0n) is 12.0. The van der Waals surface area contributed by atoms with Gasteiger partial charge in [0.05, 0.1) is 18.2 Å². The van der Waals surface area contributed by atoms with E-state index in [1.54, 1.807) is 15.8 Å². The minimum Gasteiger partial charge on any atom is -0.377 e. The molecule has 1 aromatic heterocycles. The molecule has 1 saturated heterocycles. The largest absolute Gasteiger partial charge is 0.377 e. The minimum absolute atomic E-state index is 0.0143. The third kappa shape index (κ3) is 3.35. The standard InChI is InChI=1S/C14H23N3O2/c1-4-13-12(6-5-7-19-13)14(18)16(2)9-11-8-15-17(3)10-11/h8,10,12-13H,4-7,9H2,1-3H3/t12-,13+/m0/s1. The fourth-order valence-electron chi connectivity index (χ4n) is 2.71. The van der Waals surface area contributed by atoms with Crippen molar-refractivity contribution in [1.29, 1.82) is 0 Å². The lowest BCUT2D eigenvalue weighted by Crippen LogP contribution is -2.41. The molecule has 0 bridgehead atoms. The van der Waals surface area contributed by atoms with E-state index < -0.39 is 0 Å². The summed E-state index contributed by atoms with van der Waals surface area (Å²) in [6, 6.07) is 0. The van der Waals surface area contributed by atoms with Crippen LogP contribution in [0.4, 0.5) is 0 Å². The highest BCUT2D eigenvalue weighted by atomic mass is 16.5. The number of aryl methyl sites for hydroxylation is 1. The van der Waals surface area contributed by atoms with E-state index in [9.17, 15) is 4.79 Å². The lowest BCUT2D eigenvalue weighted by atomic mass is 9.91. The molecular weight excluding hydrogens is 242 g/mol.